The average Bonchev–Trinajstić information content (AvgIpc) is 3.20. The number of thiazole rings is 1. The number of carbonyl (C=O) groups is 1. The number of phenolic OH excluding ortho intramolecular Hbond substituents is 1. The normalized spacial score (nSPS) is 11.9. The molecule has 1 aromatic heterocycles. The second kappa shape index (κ2) is 10.3. The van der Waals surface area contributed by atoms with Crippen LogP contribution in [0.25, 0.3) is 10.2 Å². The third kappa shape index (κ3) is 6.07. The number of hydrogen-bond acceptors (Lipinski definition) is 6. The topological polar surface area (TPSA) is 74.6 Å². The molecule has 5 nitrogen and oxygen atoms in total. The van der Waals surface area contributed by atoms with E-state index in [1.165, 1.54) is 29.5 Å². The summed E-state index contributed by atoms with van der Waals surface area (Å²) in [4.78, 5) is 21.1. The molecule has 174 valence electrons. The summed E-state index contributed by atoms with van der Waals surface area (Å²) in [6, 6.07) is 15.5. The fourth-order valence-electron chi connectivity index (χ4n) is 2.96. The summed E-state index contributed by atoms with van der Waals surface area (Å²) in [5.41, 5.74) is 0.844. The Bertz CT molecular complexity index is 1390. The standard InChI is InChI=1S/C23H15F3IN3O2S2/c24-23(25,26)16-3-1-2-4-17(16)29-21(32)12-33-22-30-18-7-6-15(10-20(18)34-22)28-11-13-9-14(27)5-8-19(13)31/h1-11,31H,12H2,(H,29,32). The number of halogens is 4. The Hall–Kier alpha value is -2.64. The van der Waals surface area contributed by atoms with Gasteiger partial charge in [-0.2, -0.15) is 13.2 Å². The Morgan fingerprint density at radius 1 is 1.18 bits per heavy atom. The number of rotatable bonds is 6. The first-order valence-corrected chi connectivity index (χ1v) is 12.6. The number of anilines is 1. The second-order valence-electron chi connectivity index (χ2n) is 6.97. The van der Waals surface area contributed by atoms with Gasteiger partial charge in [0.1, 0.15) is 5.75 Å². The molecule has 0 radical (unpaired) electrons. The Balaban J connectivity index is 1.42. The number of aromatic hydroxyl groups is 1. The van der Waals surface area contributed by atoms with Crippen molar-refractivity contribution < 1.29 is 23.1 Å². The van der Waals surface area contributed by atoms with Gasteiger partial charge in [-0.05, 0) is 71.1 Å². The van der Waals surface area contributed by atoms with Crippen LogP contribution >= 0.6 is 45.7 Å². The van der Waals surface area contributed by atoms with Gasteiger partial charge in [0.25, 0.3) is 0 Å². The van der Waals surface area contributed by atoms with Crippen molar-refractivity contribution in [2.45, 2.75) is 10.5 Å². The molecule has 1 heterocycles. The quantitative estimate of drug-likeness (QED) is 0.138. The molecule has 0 spiro atoms. The van der Waals surface area contributed by atoms with Crippen molar-refractivity contribution in [2.24, 2.45) is 4.99 Å². The average molecular weight is 613 g/mol. The van der Waals surface area contributed by atoms with E-state index in [1.807, 2.05) is 12.1 Å². The van der Waals surface area contributed by atoms with Crippen molar-refractivity contribution in [1.29, 1.82) is 0 Å². The summed E-state index contributed by atoms with van der Waals surface area (Å²) in [5.74, 6) is -0.496. The maximum Gasteiger partial charge on any atom is 0.418 e. The fraction of sp³-hybridized carbons (Fsp3) is 0.0870. The van der Waals surface area contributed by atoms with E-state index in [0.717, 1.165) is 31.6 Å². The number of para-hydroxylation sites is 1. The zero-order chi connectivity index (χ0) is 24.3. The zero-order valence-electron chi connectivity index (χ0n) is 17.1. The minimum Gasteiger partial charge on any atom is -0.507 e. The highest BCUT2D eigenvalue weighted by Gasteiger charge is 2.33. The zero-order valence-corrected chi connectivity index (χ0v) is 20.9. The van der Waals surface area contributed by atoms with Crippen molar-refractivity contribution in [3.63, 3.8) is 0 Å². The predicted molar refractivity (Wildman–Crippen MR) is 138 cm³/mol. The second-order valence-corrected chi connectivity index (χ2v) is 10.5. The first-order chi connectivity index (χ1) is 16.2. The van der Waals surface area contributed by atoms with Gasteiger partial charge in [-0.1, -0.05) is 23.9 Å². The van der Waals surface area contributed by atoms with Crippen LogP contribution in [0.1, 0.15) is 11.1 Å². The van der Waals surface area contributed by atoms with Gasteiger partial charge in [-0.15, -0.1) is 11.3 Å². The lowest BCUT2D eigenvalue weighted by Crippen LogP contribution is -2.18. The van der Waals surface area contributed by atoms with Crippen LogP contribution in [0.5, 0.6) is 5.75 Å². The maximum atomic E-state index is 13.1. The summed E-state index contributed by atoms with van der Waals surface area (Å²) in [5, 5.41) is 12.3. The van der Waals surface area contributed by atoms with E-state index in [4.69, 9.17) is 0 Å². The minimum absolute atomic E-state index is 0.0804. The molecule has 0 saturated heterocycles. The summed E-state index contributed by atoms with van der Waals surface area (Å²) in [7, 11) is 0. The van der Waals surface area contributed by atoms with Gasteiger partial charge in [-0.25, -0.2) is 4.98 Å². The molecule has 0 bridgehead atoms. The molecular weight excluding hydrogens is 598 g/mol. The Morgan fingerprint density at radius 3 is 2.76 bits per heavy atom. The molecule has 0 aliphatic heterocycles. The molecule has 4 rings (SSSR count). The first-order valence-electron chi connectivity index (χ1n) is 9.71. The number of thioether (sulfide) groups is 1. The van der Waals surface area contributed by atoms with Crippen LogP contribution in [-0.2, 0) is 11.0 Å². The van der Waals surface area contributed by atoms with Crippen LogP contribution in [0.15, 0.2) is 70.0 Å². The first kappa shape index (κ1) is 24.5. The SMILES string of the molecule is O=C(CSc1nc2ccc(N=Cc3cc(I)ccc3O)cc2s1)Nc1ccccc1C(F)(F)F. The Labute approximate surface area is 214 Å². The van der Waals surface area contributed by atoms with Crippen LogP contribution in [0.4, 0.5) is 24.5 Å². The lowest BCUT2D eigenvalue weighted by Gasteiger charge is -2.13. The van der Waals surface area contributed by atoms with Crippen LogP contribution < -0.4 is 5.32 Å². The van der Waals surface area contributed by atoms with E-state index >= 15 is 0 Å². The number of nitrogens with one attached hydrogen (secondary N) is 1. The highest BCUT2D eigenvalue weighted by molar-refractivity contribution is 14.1. The van der Waals surface area contributed by atoms with Gasteiger partial charge in [-0.3, -0.25) is 9.79 Å². The van der Waals surface area contributed by atoms with Crippen LogP contribution in [-0.4, -0.2) is 28.0 Å². The molecule has 11 heteroatoms. The molecule has 0 saturated carbocycles. The molecular formula is C23H15F3IN3O2S2. The van der Waals surface area contributed by atoms with E-state index in [0.29, 0.717) is 15.6 Å². The summed E-state index contributed by atoms with van der Waals surface area (Å²) in [6.07, 6.45) is -2.97. The van der Waals surface area contributed by atoms with Gasteiger partial charge in [0.2, 0.25) is 5.91 Å². The molecule has 4 aromatic rings. The van der Waals surface area contributed by atoms with E-state index in [9.17, 15) is 23.1 Å². The maximum absolute atomic E-state index is 13.1. The molecule has 3 aromatic carbocycles. The third-order valence-corrected chi connectivity index (χ3v) is 7.36. The summed E-state index contributed by atoms with van der Waals surface area (Å²) >= 11 is 4.66. The van der Waals surface area contributed by atoms with Crippen molar-refractivity contribution in [1.82, 2.24) is 4.98 Å². The van der Waals surface area contributed by atoms with E-state index in [1.54, 1.807) is 30.5 Å². The minimum atomic E-state index is -4.55. The summed E-state index contributed by atoms with van der Waals surface area (Å²) < 4.78 is 41.7. The van der Waals surface area contributed by atoms with Gasteiger partial charge < -0.3 is 10.4 Å². The largest absolute Gasteiger partial charge is 0.507 e. The van der Waals surface area contributed by atoms with E-state index in [2.05, 4.69) is 37.9 Å². The van der Waals surface area contributed by atoms with Crippen LogP contribution in [0.3, 0.4) is 0 Å². The van der Waals surface area contributed by atoms with Crippen molar-refractivity contribution in [3.05, 3.63) is 75.4 Å². The summed E-state index contributed by atoms with van der Waals surface area (Å²) in [6.45, 7) is 0. The van der Waals surface area contributed by atoms with Gasteiger partial charge in [0.15, 0.2) is 4.34 Å². The smallest absolute Gasteiger partial charge is 0.418 e. The Kier molecular flexibility index (Phi) is 7.43. The third-order valence-electron chi connectivity index (χ3n) is 4.53. The van der Waals surface area contributed by atoms with Gasteiger partial charge in [0.05, 0.1) is 32.9 Å². The highest BCUT2D eigenvalue weighted by Crippen LogP contribution is 2.35. The molecule has 0 unspecified atom stereocenters. The predicted octanol–water partition coefficient (Wildman–Crippen LogP) is 7.11. The van der Waals surface area contributed by atoms with Crippen molar-refractivity contribution in [3.8, 4) is 5.75 Å². The number of carbonyl (C=O) groups excluding carboxylic acids is 1. The van der Waals surface area contributed by atoms with Crippen LogP contribution in [0, 0.1) is 3.57 Å². The van der Waals surface area contributed by atoms with Crippen molar-refractivity contribution in [2.75, 3.05) is 11.1 Å². The number of alkyl halides is 3. The van der Waals surface area contributed by atoms with Crippen molar-refractivity contribution >= 4 is 79.4 Å². The van der Waals surface area contributed by atoms with Crippen LogP contribution in [0.2, 0.25) is 0 Å². The molecule has 34 heavy (non-hydrogen) atoms. The van der Waals surface area contributed by atoms with E-state index < -0.39 is 17.6 Å². The molecule has 1 amide bonds. The molecule has 0 aliphatic rings. The number of aliphatic imine (C=N–C) groups is 1. The number of aromatic nitrogens is 1. The highest BCUT2D eigenvalue weighted by atomic mass is 127. The molecule has 2 N–H and O–H groups in total. The number of benzene rings is 3. The molecule has 0 fully saturated rings. The molecule has 0 aliphatic carbocycles. The molecule has 0 atom stereocenters. The van der Waals surface area contributed by atoms with E-state index in [-0.39, 0.29) is 17.2 Å². The van der Waals surface area contributed by atoms with Gasteiger partial charge in [0, 0.05) is 15.3 Å². The van der Waals surface area contributed by atoms with Gasteiger partial charge >= 0.3 is 6.18 Å². The lowest BCUT2D eigenvalue weighted by atomic mass is 10.1. The fourth-order valence-corrected chi connectivity index (χ4v) is 5.38. The number of fused-ring (bicyclic) bond motifs is 1. The lowest BCUT2D eigenvalue weighted by molar-refractivity contribution is -0.137. The number of phenols is 1. The number of amides is 1. The number of hydrogen-bond donors (Lipinski definition) is 2. The Morgan fingerprint density at radius 2 is 1.97 bits per heavy atom. The number of nitrogens with zero attached hydrogens (tertiary/aromatic N) is 2. The monoisotopic (exact) mass is 613 g/mol.